The molecule has 10 nitrogen and oxygen atoms in total. The van der Waals surface area contributed by atoms with Gasteiger partial charge in [0.05, 0.1) is 23.9 Å². The number of aromatic nitrogens is 2. The van der Waals surface area contributed by atoms with Crippen molar-refractivity contribution in [2.75, 3.05) is 33.4 Å². The third-order valence-electron chi connectivity index (χ3n) is 7.00. The zero-order chi connectivity index (χ0) is 30.4. The Labute approximate surface area is 242 Å². The molecule has 226 valence electrons. The Morgan fingerprint density at radius 2 is 1.71 bits per heavy atom. The van der Waals surface area contributed by atoms with E-state index in [1.807, 2.05) is 53.4 Å². The molecular formula is C28H31F3N4O6S. The Balaban J connectivity index is 0.000000517. The molecule has 0 unspecified atom stereocenters. The predicted molar refractivity (Wildman–Crippen MR) is 152 cm³/mol. The van der Waals surface area contributed by atoms with E-state index < -0.39 is 12.1 Å². The first-order valence-corrected chi connectivity index (χ1v) is 14.0. The van der Waals surface area contributed by atoms with E-state index in [1.54, 1.807) is 4.57 Å². The van der Waals surface area contributed by atoms with Crippen molar-refractivity contribution in [1.29, 1.82) is 0 Å². The number of halogens is 3. The lowest BCUT2D eigenvalue weighted by Crippen LogP contribution is -2.45. The number of aliphatic hydroxyl groups is 1. The summed E-state index contributed by atoms with van der Waals surface area (Å²) in [7, 11) is 1.52. The molecule has 5 rings (SSSR count). The molecule has 0 radical (unpaired) electrons. The number of β-amino-alcohol motifs (C(OH)–C–C–N with tert-alkyl or cyclic N) is 1. The van der Waals surface area contributed by atoms with Crippen LogP contribution in [0.15, 0.2) is 53.6 Å². The number of aliphatic carboxylic acids is 1. The van der Waals surface area contributed by atoms with Gasteiger partial charge in [-0.15, -0.1) is 11.3 Å². The number of benzene rings is 1. The fourth-order valence-corrected chi connectivity index (χ4v) is 6.14. The maximum atomic E-state index is 13.7. The second-order valence-electron chi connectivity index (χ2n) is 9.68. The average Bonchev–Trinajstić information content (AvgIpc) is 3.62. The first-order chi connectivity index (χ1) is 20.0. The number of aliphatic hydroxyl groups excluding tert-OH is 1. The van der Waals surface area contributed by atoms with E-state index in [0.717, 1.165) is 41.5 Å². The molecule has 42 heavy (non-hydrogen) atoms. The maximum absolute atomic E-state index is 13.7. The molecule has 1 aliphatic heterocycles. The number of amides is 1. The molecule has 3 aromatic heterocycles. The van der Waals surface area contributed by atoms with Crippen LogP contribution < -0.4 is 15.6 Å². The van der Waals surface area contributed by atoms with Crippen LogP contribution in [0.2, 0.25) is 0 Å². The van der Waals surface area contributed by atoms with Gasteiger partial charge in [0.2, 0.25) is 0 Å². The third kappa shape index (κ3) is 6.94. The number of carboxylic acid groups (broad SMARTS) is 1. The van der Waals surface area contributed by atoms with Crippen LogP contribution in [-0.2, 0) is 17.9 Å². The number of nitrogens with zero attached hydrogens (tertiary/aromatic N) is 3. The lowest BCUT2D eigenvalue weighted by atomic mass is 10.0. The minimum atomic E-state index is -5.08. The van der Waals surface area contributed by atoms with Crippen LogP contribution in [0.5, 0.6) is 5.75 Å². The minimum absolute atomic E-state index is 0.0577. The highest BCUT2D eigenvalue weighted by molar-refractivity contribution is 7.22. The van der Waals surface area contributed by atoms with Crippen LogP contribution in [0.1, 0.15) is 22.5 Å². The van der Waals surface area contributed by atoms with E-state index in [-0.39, 0.29) is 24.1 Å². The molecule has 3 N–H and O–H groups in total. The van der Waals surface area contributed by atoms with Gasteiger partial charge in [-0.1, -0.05) is 18.2 Å². The first kappa shape index (κ1) is 31.1. The van der Waals surface area contributed by atoms with Crippen LogP contribution >= 0.6 is 11.3 Å². The van der Waals surface area contributed by atoms with Crippen molar-refractivity contribution in [3.8, 4) is 5.75 Å². The highest BCUT2D eigenvalue weighted by atomic mass is 32.1. The van der Waals surface area contributed by atoms with E-state index in [4.69, 9.17) is 19.7 Å². The van der Waals surface area contributed by atoms with Gasteiger partial charge < -0.3 is 34.3 Å². The standard InChI is InChI=1S/C26H30N4O4S.C2HF3O2/c1-34-22-21-23(35-24(22)25(32)27-18-8-12-29(13-9-18)16-17-31)19-6-2-3-7-20(19)30(26(21)33)15-14-28-10-4-5-11-28;3-2(4,5)1(6)7/h2-7,10-11,18,31H,8-9,12-17H2,1H3,(H,27,32);(H,6,7). The van der Waals surface area contributed by atoms with Crippen molar-refractivity contribution < 1.29 is 37.7 Å². The van der Waals surface area contributed by atoms with E-state index in [2.05, 4.69) is 10.2 Å². The molecule has 0 atom stereocenters. The zero-order valence-corrected chi connectivity index (χ0v) is 23.6. The highest BCUT2D eigenvalue weighted by Gasteiger charge is 2.38. The van der Waals surface area contributed by atoms with Crippen molar-refractivity contribution in [3.63, 3.8) is 0 Å². The van der Waals surface area contributed by atoms with Gasteiger partial charge in [0.15, 0.2) is 5.75 Å². The van der Waals surface area contributed by atoms with Gasteiger partial charge in [0.25, 0.3) is 11.5 Å². The Bertz CT molecular complexity index is 1590. The van der Waals surface area contributed by atoms with Crippen LogP contribution in [0, 0.1) is 0 Å². The van der Waals surface area contributed by atoms with Gasteiger partial charge in [-0.3, -0.25) is 9.59 Å². The number of hydrogen-bond donors (Lipinski definition) is 3. The molecule has 14 heteroatoms. The van der Waals surface area contributed by atoms with Gasteiger partial charge >= 0.3 is 12.1 Å². The van der Waals surface area contributed by atoms with Gasteiger partial charge in [-0.05, 0) is 31.0 Å². The number of carboxylic acids is 1. The van der Waals surface area contributed by atoms with Crippen molar-refractivity contribution in [2.45, 2.75) is 38.1 Å². The average molecular weight is 609 g/mol. The number of likely N-dealkylation sites (tertiary alicyclic amines) is 1. The molecule has 4 aromatic rings. The molecule has 1 fully saturated rings. The monoisotopic (exact) mass is 608 g/mol. The largest absolute Gasteiger partial charge is 0.494 e. The maximum Gasteiger partial charge on any atom is 0.490 e. The summed E-state index contributed by atoms with van der Waals surface area (Å²) in [6.07, 6.45) is 0.531. The quantitative estimate of drug-likeness (QED) is 0.279. The molecule has 1 saturated heterocycles. The molecule has 0 saturated carbocycles. The molecule has 1 amide bonds. The second kappa shape index (κ2) is 13.4. The molecule has 1 aromatic carbocycles. The fraction of sp³-hybridized carbons (Fsp3) is 0.393. The number of carbonyl (C=O) groups is 2. The number of fused-ring (bicyclic) bond motifs is 3. The lowest BCUT2D eigenvalue weighted by molar-refractivity contribution is -0.192. The van der Waals surface area contributed by atoms with Crippen LogP contribution in [0.25, 0.3) is 21.0 Å². The van der Waals surface area contributed by atoms with E-state index in [1.165, 1.54) is 18.4 Å². The Morgan fingerprint density at radius 1 is 1.07 bits per heavy atom. The summed E-state index contributed by atoms with van der Waals surface area (Å²) >= 11 is 1.32. The molecule has 4 heterocycles. The Morgan fingerprint density at radius 3 is 2.31 bits per heavy atom. The molecule has 0 aliphatic carbocycles. The summed E-state index contributed by atoms with van der Waals surface area (Å²) in [6, 6.07) is 11.8. The van der Waals surface area contributed by atoms with Crippen molar-refractivity contribution in [3.05, 3.63) is 64.0 Å². The SMILES string of the molecule is COc1c(C(=O)NC2CCN(CCO)CC2)sc2c1c(=O)n(CCn1cccc1)c1ccccc21.O=C(O)C(F)(F)F. The summed E-state index contributed by atoms with van der Waals surface area (Å²) in [5, 5.41) is 20.8. The lowest BCUT2D eigenvalue weighted by Gasteiger charge is -2.31. The summed E-state index contributed by atoms with van der Waals surface area (Å²) < 4.78 is 42.0. The molecule has 0 spiro atoms. The van der Waals surface area contributed by atoms with Gasteiger partial charge in [0.1, 0.15) is 10.3 Å². The minimum Gasteiger partial charge on any atom is -0.494 e. The zero-order valence-electron chi connectivity index (χ0n) is 22.8. The number of piperidine rings is 1. The second-order valence-corrected chi connectivity index (χ2v) is 10.7. The molecule has 1 aliphatic rings. The van der Waals surface area contributed by atoms with Crippen LogP contribution in [-0.4, -0.2) is 81.7 Å². The number of hydrogen-bond acceptors (Lipinski definition) is 7. The van der Waals surface area contributed by atoms with E-state index in [9.17, 15) is 22.8 Å². The van der Waals surface area contributed by atoms with Crippen LogP contribution in [0.3, 0.4) is 0 Å². The van der Waals surface area contributed by atoms with Gasteiger partial charge in [-0.25, -0.2) is 4.79 Å². The van der Waals surface area contributed by atoms with E-state index >= 15 is 0 Å². The van der Waals surface area contributed by atoms with Crippen LogP contribution in [0.4, 0.5) is 13.2 Å². The topological polar surface area (TPSA) is 126 Å². The summed E-state index contributed by atoms with van der Waals surface area (Å²) in [5.41, 5.74) is 0.708. The van der Waals surface area contributed by atoms with Crippen molar-refractivity contribution in [2.24, 2.45) is 0 Å². The van der Waals surface area contributed by atoms with Gasteiger partial charge in [0, 0.05) is 56.5 Å². The number of para-hydroxylation sites is 1. The summed E-state index contributed by atoms with van der Waals surface area (Å²) in [5.74, 6) is -2.61. The number of ether oxygens (including phenoxy) is 1. The number of alkyl halides is 3. The highest BCUT2D eigenvalue weighted by Crippen LogP contribution is 2.39. The molecule has 0 bridgehead atoms. The first-order valence-electron chi connectivity index (χ1n) is 13.2. The number of carbonyl (C=O) groups excluding carboxylic acids is 1. The Kier molecular flexibility index (Phi) is 9.91. The number of rotatable bonds is 8. The molecular weight excluding hydrogens is 577 g/mol. The number of thiophene rings is 1. The summed E-state index contributed by atoms with van der Waals surface area (Å²) in [6.45, 7) is 3.66. The number of nitrogens with one attached hydrogen (secondary N) is 1. The number of methoxy groups -OCH3 is 1. The predicted octanol–water partition coefficient (Wildman–Crippen LogP) is 3.55. The van der Waals surface area contributed by atoms with Crippen molar-refractivity contribution in [1.82, 2.24) is 19.4 Å². The number of aryl methyl sites for hydroxylation is 2. The fourth-order valence-electron chi connectivity index (χ4n) is 4.94. The Hall–Kier alpha value is -3.88. The van der Waals surface area contributed by atoms with Crippen molar-refractivity contribution >= 4 is 44.2 Å². The normalized spacial score (nSPS) is 14.5. The smallest absolute Gasteiger partial charge is 0.490 e. The van der Waals surface area contributed by atoms with E-state index in [0.29, 0.717) is 35.6 Å². The summed E-state index contributed by atoms with van der Waals surface area (Å²) in [4.78, 5) is 38.6. The van der Waals surface area contributed by atoms with Gasteiger partial charge in [-0.2, -0.15) is 13.2 Å². The number of pyridine rings is 1. The third-order valence-corrected chi connectivity index (χ3v) is 8.21.